The highest BCUT2D eigenvalue weighted by molar-refractivity contribution is 9.09. The van der Waals surface area contributed by atoms with E-state index in [-0.39, 0.29) is 4.83 Å². The predicted molar refractivity (Wildman–Crippen MR) is 79.4 cm³/mol. The van der Waals surface area contributed by atoms with Crippen LogP contribution >= 0.6 is 15.9 Å². The van der Waals surface area contributed by atoms with Crippen molar-refractivity contribution >= 4 is 15.9 Å². The summed E-state index contributed by atoms with van der Waals surface area (Å²) >= 11 is 3.77. The van der Waals surface area contributed by atoms with Crippen LogP contribution in [-0.4, -0.2) is 13.7 Å². The Labute approximate surface area is 121 Å². The predicted octanol–water partition coefficient (Wildman–Crippen LogP) is 4.11. The van der Waals surface area contributed by atoms with Gasteiger partial charge in [-0.15, -0.1) is 0 Å². The number of hydrogen-bond donors (Lipinski definition) is 0. The summed E-state index contributed by atoms with van der Waals surface area (Å²) in [5.74, 6) is 1.90. The number of hydrogen-bond acceptors (Lipinski definition) is 2. The molecule has 2 aromatic carbocycles. The van der Waals surface area contributed by atoms with E-state index in [4.69, 9.17) is 9.47 Å². The van der Waals surface area contributed by atoms with Crippen molar-refractivity contribution in [2.45, 2.75) is 11.2 Å². The minimum atomic E-state index is 0.175. The quantitative estimate of drug-likeness (QED) is 0.793. The van der Waals surface area contributed by atoms with Gasteiger partial charge in [0.15, 0.2) is 0 Å². The Bertz CT molecular complexity index is 595. The van der Waals surface area contributed by atoms with Gasteiger partial charge in [0.25, 0.3) is 0 Å². The molecule has 0 saturated carbocycles. The molecule has 0 bridgehead atoms. The van der Waals surface area contributed by atoms with Gasteiger partial charge in [0.2, 0.25) is 0 Å². The summed E-state index contributed by atoms with van der Waals surface area (Å²) < 4.78 is 10.8. The monoisotopic (exact) mass is 318 g/mol. The van der Waals surface area contributed by atoms with Crippen LogP contribution in [-0.2, 0) is 6.42 Å². The van der Waals surface area contributed by atoms with Crippen LogP contribution in [0.2, 0.25) is 0 Å². The lowest BCUT2D eigenvalue weighted by Crippen LogP contribution is -1.94. The third kappa shape index (κ3) is 2.47. The van der Waals surface area contributed by atoms with Gasteiger partial charge in [-0.05, 0) is 34.9 Å². The third-order valence-electron chi connectivity index (χ3n) is 3.39. The Morgan fingerprint density at radius 1 is 1.16 bits per heavy atom. The van der Waals surface area contributed by atoms with Crippen molar-refractivity contribution in [3.63, 3.8) is 0 Å². The molecule has 19 heavy (non-hydrogen) atoms. The Balaban J connectivity index is 1.92. The van der Waals surface area contributed by atoms with E-state index in [0.29, 0.717) is 0 Å². The molecule has 1 aliphatic heterocycles. The molecule has 0 amide bonds. The molecule has 98 valence electrons. The summed E-state index contributed by atoms with van der Waals surface area (Å²) in [6.45, 7) is 0.797. The van der Waals surface area contributed by atoms with Crippen molar-refractivity contribution in [2.24, 2.45) is 0 Å². The molecule has 2 aromatic rings. The number of fused-ring (bicyclic) bond motifs is 1. The molecule has 2 nitrogen and oxygen atoms in total. The molecule has 0 saturated heterocycles. The van der Waals surface area contributed by atoms with Crippen molar-refractivity contribution in [1.82, 2.24) is 0 Å². The molecule has 1 unspecified atom stereocenters. The Morgan fingerprint density at radius 3 is 2.84 bits per heavy atom. The van der Waals surface area contributed by atoms with Crippen LogP contribution in [0, 0.1) is 0 Å². The fraction of sp³-hybridized carbons (Fsp3) is 0.250. The molecule has 1 heterocycles. The molecule has 0 spiro atoms. The number of methoxy groups -OCH3 is 1. The van der Waals surface area contributed by atoms with Crippen LogP contribution in [0.15, 0.2) is 42.5 Å². The summed E-state index contributed by atoms with van der Waals surface area (Å²) in [5, 5.41) is 0. The zero-order chi connectivity index (χ0) is 13.2. The molecule has 0 aromatic heterocycles. The molecule has 3 rings (SSSR count). The van der Waals surface area contributed by atoms with Crippen LogP contribution < -0.4 is 9.47 Å². The van der Waals surface area contributed by atoms with Gasteiger partial charge in [-0.25, -0.2) is 0 Å². The second-order valence-electron chi connectivity index (χ2n) is 4.60. The number of alkyl halides is 1. The maximum Gasteiger partial charge on any atom is 0.122 e. The van der Waals surface area contributed by atoms with Gasteiger partial charge in [-0.1, -0.05) is 40.2 Å². The van der Waals surface area contributed by atoms with E-state index in [1.807, 2.05) is 12.1 Å². The van der Waals surface area contributed by atoms with E-state index in [1.165, 1.54) is 16.7 Å². The molecule has 0 aliphatic carbocycles. The number of ether oxygens (including phenoxy) is 2. The maximum absolute atomic E-state index is 5.54. The lowest BCUT2D eigenvalue weighted by molar-refractivity contribution is 0.357. The van der Waals surface area contributed by atoms with Crippen LogP contribution in [0.5, 0.6) is 11.5 Å². The first-order valence-corrected chi connectivity index (χ1v) is 7.23. The number of benzene rings is 2. The van der Waals surface area contributed by atoms with E-state index in [2.05, 4.69) is 46.3 Å². The molecular formula is C16H15BrO2. The van der Waals surface area contributed by atoms with Crippen molar-refractivity contribution in [2.75, 3.05) is 13.7 Å². The maximum atomic E-state index is 5.54. The first-order valence-electron chi connectivity index (χ1n) is 6.31. The normalized spacial score (nSPS) is 14.6. The molecular weight excluding hydrogens is 304 g/mol. The van der Waals surface area contributed by atoms with Crippen molar-refractivity contribution < 1.29 is 9.47 Å². The van der Waals surface area contributed by atoms with Crippen LogP contribution in [0.25, 0.3) is 0 Å². The zero-order valence-corrected chi connectivity index (χ0v) is 12.3. The standard InChI is InChI=1S/C16H15BrO2/c1-18-14-4-2-3-12(10-14)16(17)13-5-6-15-11(9-13)7-8-19-15/h2-6,9-10,16H,7-8H2,1H3. The van der Waals surface area contributed by atoms with E-state index in [9.17, 15) is 0 Å². The van der Waals surface area contributed by atoms with Crippen molar-refractivity contribution in [1.29, 1.82) is 0 Å². The first kappa shape index (κ1) is 12.5. The summed E-state index contributed by atoms with van der Waals surface area (Å²) in [6, 6.07) is 14.5. The summed E-state index contributed by atoms with van der Waals surface area (Å²) in [4.78, 5) is 0.175. The Kier molecular flexibility index (Phi) is 3.47. The average Bonchev–Trinajstić information content (AvgIpc) is 2.94. The zero-order valence-electron chi connectivity index (χ0n) is 10.7. The van der Waals surface area contributed by atoms with E-state index in [0.717, 1.165) is 24.5 Å². The van der Waals surface area contributed by atoms with E-state index in [1.54, 1.807) is 7.11 Å². The Hall–Kier alpha value is -1.48. The van der Waals surface area contributed by atoms with Gasteiger partial charge in [-0.2, -0.15) is 0 Å². The second kappa shape index (κ2) is 5.25. The van der Waals surface area contributed by atoms with Gasteiger partial charge < -0.3 is 9.47 Å². The highest BCUT2D eigenvalue weighted by Crippen LogP contribution is 2.36. The van der Waals surface area contributed by atoms with Crippen molar-refractivity contribution in [3.05, 3.63) is 59.2 Å². The Morgan fingerprint density at radius 2 is 2.00 bits per heavy atom. The molecule has 1 atom stereocenters. The minimum absolute atomic E-state index is 0.175. The topological polar surface area (TPSA) is 18.5 Å². The average molecular weight is 319 g/mol. The fourth-order valence-corrected chi connectivity index (χ4v) is 2.93. The summed E-state index contributed by atoms with van der Waals surface area (Å²) in [7, 11) is 1.69. The van der Waals surface area contributed by atoms with Gasteiger partial charge in [0.05, 0.1) is 18.5 Å². The molecule has 0 fully saturated rings. The van der Waals surface area contributed by atoms with Crippen LogP contribution in [0.3, 0.4) is 0 Å². The van der Waals surface area contributed by atoms with Gasteiger partial charge in [0, 0.05) is 6.42 Å². The van der Waals surface area contributed by atoms with Crippen molar-refractivity contribution in [3.8, 4) is 11.5 Å². The van der Waals surface area contributed by atoms with Gasteiger partial charge >= 0.3 is 0 Å². The number of halogens is 1. The minimum Gasteiger partial charge on any atom is -0.497 e. The molecule has 3 heteroatoms. The molecule has 0 radical (unpaired) electrons. The van der Waals surface area contributed by atoms with Crippen LogP contribution in [0.1, 0.15) is 21.5 Å². The lowest BCUT2D eigenvalue weighted by Gasteiger charge is -2.13. The number of rotatable bonds is 3. The second-order valence-corrected chi connectivity index (χ2v) is 5.52. The molecule has 1 aliphatic rings. The van der Waals surface area contributed by atoms with Crippen LogP contribution in [0.4, 0.5) is 0 Å². The molecule has 0 N–H and O–H groups in total. The third-order valence-corrected chi connectivity index (χ3v) is 4.45. The largest absolute Gasteiger partial charge is 0.497 e. The summed E-state index contributed by atoms with van der Waals surface area (Å²) in [6.07, 6.45) is 1.00. The fourth-order valence-electron chi connectivity index (χ4n) is 2.36. The van der Waals surface area contributed by atoms with E-state index < -0.39 is 0 Å². The van der Waals surface area contributed by atoms with E-state index >= 15 is 0 Å². The highest BCUT2D eigenvalue weighted by atomic mass is 79.9. The SMILES string of the molecule is COc1cccc(C(Br)c2ccc3c(c2)CCO3)c1. The van der Waals surface area contributed by atoms with Gasteiger partial charge in [0.1, 0.15) is 11.5 Å². The smallest absolute Gasteiger partial charge is 0.122 e. The highest BCUT2D eigenvalue weighted by Gasteiger charge is 2.16. The lowest BCUT2D eigenvalue weighted by atomic mass is 10.0. The first-order chi connectivity index (χ1) is 9.28. The summed E-state index contributed by atoms with van der Waals surface area (Å²) in [5.41, 5.74) is 3.74. The van der Waals surface area contributed by atoms with Gasteiger partial charge in [-0.3, -0.25) is 0 Å².